The monoisotopic (exact) mass is 295 g/mol. The van der Waals surface area contributed by atoms with Crippen molar-refractivity contribution in [2.24, 2.45) is 0 Å². The Morgan fingerprint density at radius 3 is 2.67 bits per heavy atom. The molecule has 0 spiro atoms. The van der Waals surface area contributed by atoms with Crippen LogP contribution in [0.3, 0.4) is 0 Å². The van der Waals surface area contributed by atoms with Crippen LogP contribution in [0.1, 0.15) is 12.0 Å². The molecule has 1 aliphatic rings. The largest absolute Gasteiger partial charge is 0.465 e. The van der Waals surface area contributed by atoms with E-state index in [1.165, 1.54) is 17.0 Å². The lowest BCUT2D eigenvalue weighted by molar-refractivity contribution is 0.0552. The highest BCUT2D eigenvalue weighted by Gasteiger charge is 2.35. The van der Waals surface area contributed by atoms with Gasteiger partial charge in [-0.2, -0.15) is 5.26 Å². The van der Waals surface area contributed by atoms with E-state index in [9.17, 15) is 18.8 Å². The Bertz CT molecular complexity index is 544. The molecule has 1 aromatic rings. The molecule has 7 heteroatoms. The minimum Gasteiger partial charge on any atom is -0.465 e. The summed E-state index contributed by atoms with van der Waals surface area (Å²) < 4.78 is 26.9. The number of hydrogen-bond acceptors (Lipinski definition) is 3. The van der Waals surface area contributed by atoms with E-state index in [0.29, 0.717) is 5.56 Å². The van der Waals surface area contributed by atoms with E-state index in [1.54, 1.807) is 12.1 Å². The van der Waals surface area contributed by atoms with Gasteiger partial charge in [-0.25, -0.2) is 13.6 Å². The summed E-state index contributed by atoms with van der Waals surface area (Å²) in [6.45, 7) is 0.137. The van der Waals surface area contributed by atoms with Crippen LogP contribution in [0.2, 0.25) is 0 Å². The summed E-state index contributed by atoms with van der Waals surface area (Å²) in [7, 11) is 0. The van der Waals surface area contributed by atoms with Gasteiger partial charge in [0.25, 0.3) is 0 Å². The zero-order valence-electron chi connectivity index (χ0n) is 11.2. The quantitative estimate of drug-likeness (QED) is 0.685. The molecule has 2 rings (SSSR count). The Morgan fingerprint density at radius 1 is 1.48 bits per heavy atom. The molecular weight excluding hydrogens is 280 g/mol. The van der Waals surface area contributed by atoms with E-state index in [-0.39, 0.29) is 31.9 Å². The van der Waals surface area contributed by atoms with E-state index in [1.807, 2.05) is 6.19 Å². The zero-order valence-corrected chi connectivity index (χ0v) is 11.2. The molecule has 0 bridgehead atoms. The Balaban J connectivity index is 2.03. The highest BCUT2D eigenvalue weighted by Crippen LogP contribution is 2.21. The Hall–Kier alpha value is -2.36. The normalized spacial score (nSPS) is 21.7. The van der Waals surface area contributed by atoms with Crippen LogP contribution >= 0.6 is 0 Å². The number of carbonyl (C=O) groups is 1. The van der Waals surface area contributed by atoms with E-state index in [2.05, 4.69) is 0 Å². The molecule has 5 nitrogen and oxygen atoms in total. The summed E-state index contributed by atoms with van der Waals surface area (Å²) in [5.74, 6) is -0.375. The molecule has 0 aliphatic carbocycles. The van der Waals surface area contributed by atoms with Crippen molar-refractivity contribution in [3.8, 4) is 6.19 Å². The number of amides is 1. The predicted molar refractivity (Wildman–Crippen MR) is 70.5 cm³/mol. The fraction of sp³-hybridized carbons (Fsp3) is 0.429. The number of carboxylic acid groups (broad SMARTS) is 1. The van der Waals surface area contributed by atoms with Crippen LogP contribution in [-0.2, 0) is 6.54 Å². The second-order valence-electron chi connectivity index (χ2n) is 4.95. The molecule has 0 aromatic heterocycles. The Labute approximate surface area is 121 Å². The maximum Gasteiger partial charge on any atom is 0.407 e. The molecule has 1 fully saturated rings. The summed E-state index contributed by atoms with van der Waals surface area (Å²) in [6.07, 6.45) is -0.381. The van der Waals surface area contributed by atoms with Gasteiger partial charge in [0, 0.05) is 6.54 Å². The molecule has 21 heavy (non-hydrogen) atoms. The van der Waals surface area contributed by atoms with Crippen LogP contribution in [0.25, 0.3) is 0 Å². The molecule has 2 atom stereocenters. The van der Waals surface area contributed by atoms with Crippen molar-refractivity contribution < 1.29 is 18.7 Å². The van der Waals surface area contributed by atoms with Gasteiger partial charge in [0.1, 0.15) is 12.0 Å². The third-order valence-electron chi connectivity index (χ3n) is 3.57. The first kappa shape index (κ1) is 15.0. The summed E-state index contributed by atoms with van der Waals surface area (Å²) in [5.41, 5.74) is 0.700. The molecular formula is C14H15F2N3O2. The van der Waals surface area contributed by atoms with Crippen molar-refractivity contribution in [2.75, 3.05) is 13.1 Å². The van der Waals surface area contributed by atoms with Crippen LogP contribution in [0, 0.1) is 17.3 Å². The molecule has 0 radical (unpaired) electrons. The lowest BCUT2D eigenvalue weighted by atomic mass is 10.0. The average molecular weight is 295 g/mol. The number of nitriles is 1. The van der Waals surface area contributed by atoms with Gasteiger partial charge in [0.2, 0.25) is 0 Å². The van der Waals surface area contributed by atoms with Crippen molar-refractivity contribution in [1.29, 1.82) is 5.26 Å². The second-order valence-corrected chi connectivity index (χ2v) is 4.95. The van der Waals surface area contributed by atoms with E-state index >= 15 is 0 Å². The highest BCUT2D eigenvalue weighted by atomic mass is 19.1. The molecule has 1 heterocycles. The number of halogens is 2. The first-order chi connectivity index (χ1) is 10.0. The Kier molecular flexibility index (Phi) is 4.58. The van der Waals surface area contributed by atoms with Crippen molar-refractivity contribution in [2.45, 2.75) is 25.2 Å². The number of nitrogens with zero attached hydrogens (tertiary/aromatic N) is 3. The summed E-state index contributed by atoms with van der Waals surface area (Å²) >= 11 is 0. The minimum absolute atomic E-state index is 0.176. The van der Waals surface area contributed by atoms with Crippen molar-refractivity contribution in [3.05, 3.63) is 35.6 Å². The second kappa shape index (κ2) is 6.39. The SMILES string of the molecule is N#CN(Cc1ccc(F)cc1)[C@H]1CCN(C(=O)O)C[C@H]1F. The summed E-state index contributed by atoms with van der Waals surface area (Å²) in [5, 5.41) is 18.0. The maximum absolute atomic E-state index is 14.1. The number of benzene rings is 1. The van der Waals surface area contributed by atoms with Crippen LogP contribution in [-0.4, -0.2) is 46.3 Å². The number of piperidine rings is 1. The first-order valence-corrected chi connectivity index (χ1v) is 6.54. The average Bonchev–Trinajstić information content (AvgIpc) is 2.47. The number of hydrogen-bond donors (Lipinski definition) is 1. The lowest BCUT2D eigenvalue weighted by Crippen LogP contribution is -2.52. The van der Waals surface area contributed by atoms with Gasteiger partial charge >= 0.3 is 6.09 Å². The van der Waals surface area contributed by atoms with Gasteiger partial charge in [0.05, 0.1) is 19.1 Å². The fourth-order valence-corrected chi connectivity index (χ4v) is 2.43. The molecule has 1 N–H and O–H groups in total. The zero-order chi connectivity index (χ0) is 15.4. The third-order valence-corrected chi connectivity index (χ3v) is 3.57. The molecule has 1 aromatic carbocycles. The van der Waals surface area contributed by atoms with Gasteiger partial charge < -0.3 is 14.9 Å². The van der Waals surface area contributed by atoms with E-state index < -0.39 is 18.3 Å². The number of alkyl halides is 1. The fourth-order valence-electron chi connectivity index (χ4n) is 2.43. The van der Waals surface area contributed by atoms with Crippen LogP contribution < -0.4 is 0 Å². The van der Waals surface area contributed by atoms with Gasteiger partial charge in [-0.15, -0.1) is 0 Å². The standard InChI is InChI=1S/C14H15F2N3O2/c15-11-3-1-10(2-4-11)7-19(9-17)13-5-6-18(14(20)21)8-12(13)16/h1-4,12-13H,5-8H2,(H,20,21)/t12-,13+/m1/s1. The lowest BCUT2D eigenvalue weighted by Gasteiger charge is -2.37. The van der Waals surface area contributed by atoms with Crippen molar-refractivity contribution >= 4 is 6.09 Å². The van der Waals surface area contributed by atoms with Crippen molar-refractivity contribution in [3.63, 3.8) is 0 Å². The van der Waals surface area contributed by atoms with Gasteiger partial charge in [-0.1, -0.05) is 12.1 Å². The number of rotatable bonds is 3. The minimum atomic E-state index is -1.42. The van der Waals surface area contributed by atoms with Crippen molar-refractivity contribution in [1.82, 2.24) is 9.80 Å². The molecule has 0 unspecified atom stereocenters. The summed E-state index contributed by atoms with van der Waals surface area (Å²) in [4.78, 5) is 13.1. The van der Waals surface area contributed by atoms with Gasteiger partial charge in [-0.05, 0) is 24.1 Å². The molecule has 1 saturated heterocycles. The molecule has 1 aliphatic heterocycles. The van der Waals surface area contributed by atoms with Crippen LogP contribution in [0.15, 0.2) is 24.3 Å². The Morgan fingerprint density at radius 2 is 2.14 bits per heavy atom. The van der Waals surface area contributed by atoms with Crippen LogP contribution in [0.5, 0.6) is 0 Å². The molecule has 0 saturated carbocycles. The van der Waals surface area contributed by atoms with E-state index in [4.69, 9.17) is 5.11 Å². The molecule has 1 amide bonds. The predicted octanol–water partition coefficient (Wildman–Crippen LogP) is 2.20. The first-order valence-electron chi connectivity index (χ1n) is 6.54. The topological polar surface area (TPSA) is 67.6 Å². The third kappa shape index (κ3) is 3.60. The van der Waals surface area contributed by atoms with Crippen LogP contribution in [0.4, 0.5) is 13.6 Å². The summed E-state index contributed by atoms with van der Waals surface area (Å²) in [6, 6.07) is 4.99. The number of likely N-dealkylation sites (tertiary alicyclic amines) is 1. The van der Waals surface area contributed by atoms with E-state index in [0.717, 1.165) is 4.90 Å². The van der Waals surface area contributed by atoms with Gasteiger partial charge in [-0.3, -0.25) is 0 Å². The maximum atomic E-state index is 14.1. The van der Waals surface area contributed by atoms with Gasteiger partial charge in [0.15, 0.2) is 6.19 Å². The molecule has 112 valence electrons. The highest BCUT2D eigenvalue weighted by molar-refractivity contribution is 5.65. The smallest absolute Gasteiger partial charge is 0.407 e.